The molecule has 2 amide bonds. The number of benzene rings is 1. The van der Waals surface area contributed by atoms with Crippen molar-refractivity contribution < 1.29 is 14.3 Å². The lowest BCUT2D eigenvalue weighted by molar-refractivity contribution is -0.133. The quantitative estimate of drug-likeness (QED) is 0.535. The van der Waals surface area contributed by atoms with Crippen molar-refractivity contribution >= 4 is 23.0 Å². The summed E-state index contributed by atoms with van der Waals surface area (Å²) in [5, 5.41) is 0. The molecule has 3 rings (SSSR count). The fourth-order valence-corrected chi connectivity index (χ4v) is 3.05. The Kier molecular flexibility index (Phi) is 5.95. The second-order valence-electron chi connectivity index (χ2n) is 7.26. The molecule has 3 aromatic rings. The number of fused-ring (bicyclic) bond motifs is 1. The van der Waals surface area contributed by atoms with E-state index in [1.165, 1.54) is 22.5 Å². The summed E-state index contributed by atoms with van der Waals surface area (Å²) in [6.07, 6.45) is 0.523. The van der Waals surface area contributed by atoms with Gasteiger partial charge in [0.2, 0.25) is 0 Å². The second kappa shape index (κ2) is 8.46. The van der Waals surface area contributed by atoms with Crippen molar-refractivity contribution in [2.75, 3.05) is 0 Å². The molecule has 0 aliphatic heterocycles. The molecule has 2 N–H and O–H groups in total. The first kappa shape index (κ1) is 21.8. The van der Waals surface area contributed by atoms with Crippen molar-refractivity contribution in [2.24, 2.45) is 14.1 Å². The standard InChI is InChI=1S/C20H24N6O5/c1-11-7-6-8-14(12(11)2)31-13(3)18(28)23-22-15(27)9-26-19(29)16-17(21-10-24(16)4)25(5)20(26)30/h6-8,10,13H,9H2,1-5H3,(H,22,27)(H,23,28). The zero-order chi connectivity index (χ0) is 22.9. The topological polar surface area (TPSA) is 129 Å². The molecule has 0 aliphatic rings. The monoisotopic (exact) mass is 428 g/mol. The van der Waals surface area contributed by atoms with Crippen LogP contribution >= 0.6 is 0 Å². The van der Waals surface area contributed by atoms with Crippen LogP contribution in [0.25, 0.3) is 11.2 Å². The Balaban J connectivity index is 1.67. The maximum absolute atomic E-state index is 12.6. The number of imidazole rings is 1. The van der Waals surface area contributed by atoms with Crippen LogP contribution in [0.3, 0.4) is 0 Å². The van der Waals surface area contributed by atoms with Gasteiger partial charge in [0.15, 0.2) is 17.3 Å². The van der Waals surface area contributed by atoms with Crippen LogP contribution in [-0.4, -0.2) is 36.6 Å². The van der Waals surface area contributed by atoms with Crippen LogP contribution in [0, 0.1) is 13.8 Å². The van der Waals surface area contributed by atoms with E-state index in [9.17, 15) is 19.2 Å². The molecule has 0 radical (unpaired) electrons. The zero-order valence-electron chi connectivity index (χ0n) is 17.9. The summed E-state index contributed by atoms with van der Waals surface area (Å²) in [4.78, 5) is 53.7. The predicted octanol–water partition coefficient (Wildman–Crippen LogP) is -0.335. The fraction of sp³-hybridized carbons (Fsp3) is 0.350. The highest BCUT2D eigenvalue weighted by Gasteiger charge is 2.19. The normalized spacial score (nSPS) is 11.9. The van der Waals surface area contributed by atoms with Crippen LogP contribution in [0.4, 0.5) is 0 Å². The lowest BCUT2D eigenvalue weighted by Gasteiger charge is -2.17. The van der Waals surface area contributed by atoms with Crippen molar-refractivity contribution in [3.8, 4) is 5.75 Å². The molecule has 0 saturated heterocycles. The smallest absolute Gasteiger partial charge is 0.332 e. The number of aromatic nitrogens is 4. The summed E-state index contributed by atoms with van der Waals surface area (Å²) >= 11 is 0. The van der Waals surface area contributed by atoms with Gasteiger partial charge in [-0.05, 0) is 38.0 Å². The Hall–Kier alpha value is -3.89. The van der Waals surface area contributed by atoms with Gasteiger partial charge in [-0.15, -0.1) is 0 Å². The fourth-order valence-electron chi connectivity index (χ4n) is 3.05. The Bertz CT molecular complexity index is 1290. The maximum atomic E-state index is 12.6. The van der Waals surface area contributed by atoms with Gasteiger partial charge in [-0.3, -0.25) is 29.8 Å². The van der Waals surface area contributed by atoms with Crippen LogP contribution in [-0.2, 0) is 30.2 Å². The molecule has 164 valence electrons. The van der Waals surface area contributed by atoms with E-state index in [1.54, 1.807) is 20.0 Å². The lowest BCUT2D eigenvalue weighted by atomic mass is 10.1. The van der Waals surface area contributed by atoms with Gasteiger partial charge >= 0.3 is 5.69 Å². The number of carbonyl (C=O) groups excluding carboxylic acids is 2. The van der Waals surface area contributed by atoms with Crippen LogP contribution in [0.5, 0.6) is 5.75 Å². The highest BCUT2D eigenvalue weighted by Crippen LogP contribution is 2.21. The van der Waals surface area contributed by atoms with Crippen molar-refractivity contribution in [2.45, 2.75) is 33.4 Å². The molecule has 31 heavy (non-hydrogen) atoms. The van der Waals surface area contributed by atoms with Crippen LogP contribution < -0.4 is 26.8 Å². The number of aryl methyl sites for hydroxylation is 3. The third-order valence-electron chi connectivity index (χ3n) is 5.06. The Morgan fingerprint density at radius 1 is 1.16 bits per heavy atom. The molecule has 0 fully saturated rings. The van der Waals surface area contributed by atoms with Gasteiger partial charge < -0.3 is 9.30 Å². The van der Waals surface area contributed by atoms with Crippen molar-refractivity contribution in [3.63, 3.8) is 0 Å². The number of hydrazine groups is 1. The molecule has 11 heteroatoms. The van der Waals surface area contributed by atoms with E-state index in [2.05, 4.69) is 15.8 Å². The van der Waals surface area contributed by atoms with Crippen LogP contribution in [0.2, 0.25) is 0 Å². The number of carbonyl (C=O) groups is 2. The number of nitrogens with one attached hydrogen (secondary N) is 2. The van der Waals surface area contributed by atoms with Gasteiger partial charge in [0.05, 0.1) is 6.33 Å². The molecular formula is C20H24N6O5. The van der Waals surface area contributed by atoms with Gasteiger partial charge in [-0.2, -0.15) is 0 Å². The molecule has 0 spiro atoms. The van der Waals surface area contributed by atoms with Gasteiger partial charge in [0.25, 0.3) is 17.4 Å². The molecule has 0 aliphatic carbocycles. The summed E-state index contributed by atoms with van der Waals surface area (Å²) in [5.74, 6) is -0.766. The number of amides is 2. The molecule has 1 unspecified atom stereocenters. The van der Waals surface area contributed by atoms with Crippen molar-refractivity contribution in [1.82, 2.24) is 29.5 Å². The first-order chi connectivity index (χ1) is 14.6. The van der Waals surface area contributed by atoms with Gasteiger partial charge in [-0.1, -0.05) is 12.1 Å². The number of hydrogen-bond acceptors (Lipinski definition) is 6. The molecular weight excluding hydrogens is 404 g/mol. The molecule has 11 nitrogen and oxygen atoms in total. The van der Waals surface area contributed by atoms with Crippen molar-refractivity contribution in [1.29, 1.82) is 0 Å². The van der Waals surface area contributed by atoms with E-state index in [1.807, 2.05) is 26.0 Å². The third-order valence-corrected chi connectivity index (χ3v) is 5.06. The highest BCUT2D eigenvalue weighted by atomic mass is 16.5. The summed E-state index contributed by atoms with van der Waals surface area (Å²) in [6.45, 7) is 4.79. The minimum Gasteiger partial charge on any atom is -0.481 e. The minimum absolute atomic E-state index is 0.189. The Labute approximate surface area is 177 Å². The molecule has 2 aromatic heterocycles. The summed E-state index contributed by atoms with van der Waals surface area (Å²) in [7, 11) is 3.07. The molecule has 1 atom stereocenters. The number of ether oxygens (including phenoxy) is 1. The summed E-state index contributed by atoms with van der Waals surface area (Å²) < 4.78 is 9.10. The van der Waals surface area contributed by atoms with Crippen LogP contribution in [0.15, 0.2) is 34.1 Å². The molecule has 1 aromatic carbocycles. The largest absolute Gasteiger partial charge is 0.481 e. The van der Waals surface area contributed by atoms with E-state index in [4.69, 9.17) is 4.74 Å². The third kappa shape index (κ3) is 4.20. The maximum Gasteiger partial charge on any atom is 0.332 e. The molecule has 0 bridgehead atoms. The average Bonchev–Trinajstić information content (AvgIpc) is 3.12. The van der Waals surface area contributed by atoms with Gasteiger partial charge in [0, 0.05) is 14.1 Å². The van der Waals surface area contributed by atoms with Gasteiger partial charge in [-0.25, -0.2) is 14.3 Å². The first-order valence-corrected chi connectivity index (χ1v) is 9.54. The van der Waals surface area contributed by atoms with E-state index >= 15 is 0 Å². The number of hydrogen-bond donors (Lipinski definition) is 2. The predicted molar refractivity (Wildman–Crippen MR) is 113 cm³/mol. The summed E-state index contributed by atoms with van der Waals surface area (Å²) in [6, 6.07) is 5.51. The average molecular weight is 428 g/mol. The SMILES string of the molecule is Cc1cccc(OC(C)C(=O)NNC(=O)Cn2c(=O)c3c(ncn3C)n(C)c2=O)c1C. The molecule has 0 saturated carbocycles. The number of nitrogens with zero attached hydrogens (tertiary/aromatic N) is 4. The highest BCUT2D eigenvalue weighted by molar-refractivity contribution is 5.84. The first-order valence-electron chi connectivity index (χ1n) is 9.54. The van der Waals surface area contributed by atoms with E-state index < -0.39 is 35.7 Å². The second-order valence-corrected chi connectivity index (χ2v) is 7.26. The zero-order valence-corrected chi connectivity index (χ0v) is 17.9. The summed E-state index contributed by atoms with van der Waals surface area (Å²) in [5.41, 5.74) is 5.46. The van der Waals surface area contributed by atoms with Crippen LogP contribution in [0.1, 0.15) is 18.1 Å². The minimum atomic E-state index is -0.887. The van der Waals surface area contributed by atoms with E-state index in [-0.39, 0.29) is 11.2 Å². The molecule has 2 heterocycles. The lowest BCUT2D eigenvalue weighted by Crippen LogP contribution is -2.50. The van der Waals surface area contributed by atoms with E-state index in [0.29, 0.717) is 5.75 Å². The number of rotatable bonds is 5. The Morgan fingerprint density at radius 3 is 2.58 bits per heavy atom. The van der Waals surface area contributed by atoms with Gasteiger partial charge in [0.1, 0.15) is 12.3 Å². The van der Waals surface area contributed by atoms with E-state index in [0.717, 1.165) is 15.7 Å². The van der Waals surface area contributed by atoms with Crippen molar-refractivity contribution in [3.05, 3.63) is 56.5 Å². The Morgan fingerprint density at radius 2 is 1.87 bits per heavy atom.